The minimum atomic E-state index is -0.232. The molecule has 0 spiro atoms. The predicted molar refractivity (Wildman–Crippen MR) is 76.3 cm³/mol. The summed E-state index contributed by atoms with van der Waals surface area (Å²) in [6.07, 6.45) is 2.71. The third kappa shape index (κ3) is 2.12. The zero-order valence-corrected chi connectivity index (χ0v) is 11.7. The largest absolute Gasteiger partial charge is 0.332 e. The summed E-state index contributed by atoms with van der Waals surface area (Å²) in [5, 5.41) is 11.3. The Labute approximate surface area is 122 Å². The molecule has 3 heterocycles. The molecule has 2 aromatic rings. The van der Waals surface area contributed by atoms with Crippen molar-refractivity contribution in [3.63, 3.8) is 0 Å². The normalized spacial score (nSPS) is 20.8. The number of rotatable bonds is 1. The first-order chi connectivity index (χ1) is 10.3. The van der Waals surface area contributed by atoms with E-state index in [1.165, 1.54) is 5.56 Å². The second-order valence-electron chi connectivity index (χ2n) is 5.54. The molecule has 1 aromatic heterocycles. The highest BCUT2D eigenvalue weighted by molar-refractivity contribution is 5.84. The molecule has 0 aliphatic carbocycles. The average Bonchev–Trinajstić information content (AvgIpc) is 3.01. The fourth-order valence-electron chi connectivity index (χ4n) is 3.16. The van der Waals surface area contributed by atoms with Crippen molar-refractivity contribution in [3.05, 3.63) is 47.5 Å². The smallest absolute Gasteiger partial charge is 0.244 e. The van der Waals surface area contributed by atoms with Crippen LogP contribution in [0.15, 0.2) is 30.6 Å². The average molecular weight is 283 g/mol. The third-order valence-corrected chi connectivity index (χ3v) is 4.31. The summed E-state index contributed by atoms with van der Waals surface area (Å²) >= 11 is 0. The van der Waals surface area contributed by atoms with Crippen molar-refractivity contribution in [1.29, 1.82) is 0 Å². The van der Waals surface area contributed by atoms with E-state index in [4.69, 9.17) is 0 Å². The maximum absolute atomic E-state index is 12.9. The van der Waals surface area contributed by atoms with Gasteiger partial charge in [0.05, 0.1) is 6.54 Å². The maximum Gasteiger partial charge on any atom is 0.244 e. The van der Waals surface area contributed by atoms with Crippen LogP contribution in [0.5, 0.6) is 0 Å². The van der Waals surface area contributed by atoms with Crippen LogP contribution in [-0.4, -0.2) is 38.7 Å². The van der Waals surface area contributed by atoms with E-state index in [1.807, 2.05) is 21.6 Å². The number of hydrogen-bond donors (Lipinski definition) is 1. The highest BCUT2D eigenvalue weighted by Crippen LogP contribution is 2.25. The van der Waals surface area contributed by atoms with E-state index in [-0.39, 0.29) is 11.9 Å². The van der Waals surface area contributed by atoms with Gasteiger partial charge in [-0.1, -0.05) is 24.3 Å². The highest BCUT2D eigenvalue weighted by atomic mass is 16.2. The van der Waals surface area contributed by atoms with E-state index in [2.05, 4.69) is 27.6 Å². The molecular weight excluding hydrogens is 266 g/mol. The molecule has 0 saturated heterocycles. The Morgan fingerprint density at radius 2 is 2.19 bits per heavy atom. The second-order valence-corrected chi connectivity index (χ2v) is 5.54. The second kappa shape index (κ2) is 4.96. The van der Waals surface area contributed by atoms with E-state index >= 15 is 0 Å². The number of carbonyl (C=O) groups excluding carboxylic acids is 1. The van der Waals surface area contributed by atoms with Gasteiger partial charge in [-0.3, -0.25) is 4.79 Å². The van der Waals surface area contributed by atoms with Crippen molar-refractivity contribution in [3.8, 4) is 0 Å². The summed E-state index contributed by atoms with van der Waals surface area (Å²) in [6, 6.07) is 7.97. The van der Waals surface area contributed by atoms with Crippen molar-refractivity contribution in [2.45, 2.75) is 25.6 Å². The van der Waals surface area contributed by atoms with Gasteiger partial charge in [0.2, 0.25) is 5.91 Å². The number of nitrogens with zero attached hydrogens (tertiary/aromatic N) is 4. The summed E-state index contributed by atoms with van der Waals surface area (Å²) in [5.74, 6) is 0.995. The van der Waals surface area contributed by atoms with Crippen LogP contribution in [-0.2, 0) is 24.3 Å². The number of aromatic nitrogens is 3. The molecule has 6 heteroatoms. The van der Waals surface area contributed by atoms with Crippen LogP contribution < -0.4 is 5.32 Å². The molecule has 6 nitrogen and oxygen atoms in total. The standard InChI is InChI=1S/C15H17N5O/c21-15(19-7-8-20-10-17-18-13(20)9-19)14-12-4-2-1-3-11(12)5-6-16-14/h1-4,10,14,16H,5-9H2. The molecule has 108 valence electrons. The topological polar surface area (TPSA) is 63.1 Å². The van der Waals surface area contributed by atoms with Gasteiger partial charge in [0.15, 0.2) is 5.82 Å². The predicted octanol–water partition coefficient (Wildman–Crippen LogP) is 0.507. The van der Waals surface area contributed by atoms with Crippen molar-refractivity contribution in [2.75, 3.05) is 13.1 Å². The van der Waals surface area contributed by atoms with Gasteiger partial charge in [0.1, 0.15) is 12.4 Å². The quantitative estimate of drug-likeness (QED) is 0.828. The van der Waals surface area contributed by atoms with E-state index in [9.17, 15) is 4.79 Å². The Bertz CT molecular complexity index is 680. The molecule has 1 N–H and O–H groups in total. The SMILES string of the molecule is O=C(C1NCCc2ccccc21)N1CCn2cnnc2C1. The molecule has 0 radical (unpaired) electrons. The molecule has 1 amide bonds. The Balaban J connectivity index is 1.59. The van der Waals surface area contributed by atoms with Crippen LogP contribution in [0.1, 0.15) is 23.0 Å². The van der Waals surface area contributed by atoms with Crippen LogP contribution in [0.3, 0.4) is 0 Å². The Morgan fingerprint density at radius 1 is 1.29 bits per heavy atom. The molecule has 4 rings (SSSR count). The van der Waals surface area contributed by atoms with Crippen molar-refractivity contribution in [1.82, 2.24) is 25.0 Å². The fraction of sp³-hybridized carbons (Fsp3) is 0.400. The van der Waals surface area contributed by atoms with Gasteiger partial charge in [0, 0.05) is 19.6 Å². The lowest BCUT2D eigenvalue weighted by atomic mass is 9.93. The lowest BCUT2D eigenvalue weighted by molar-refractivity contribution is -0.135. The minimum Gasteiger partial charge on any atom is -0.332 e. The van der Waals surface area contributed by atoms with Gasteiger partial charge in [-0.2, -0.15) is 0 Å². The van der Waals surface area contributed by atoms with E-state index in [0.717, 1.165) is 30.9 Å². The highest BCUT2D eigenvalue weighted by Gasteiger charge is 2.31. The van der Waals surface area contributed by atoms with Gasteiger partial charge in [-0.05, 0) is 17.5 Å². The van der Waals surface area contributed by atoms with E-state index in [0.29, 0.717) is 13.1 Å². The van der Waals surface area contributed by atoms with Crippen LogP contribution in [0.2, 0.25) is 0 Å². The first-order valence-corrected chi connectivity index (χ1v) is 7.29. The Kier molecular flexibility index (Phi) is 2.96. The molecule has 0 fully saturated rings. The van der Waals surface area contributed by atoms with Crippen LogP contribution in [0.4, 0.5) is 0 Å². The van der Waals surface area contributed by atoms with Crippen LogP contribution in [0, 0.1) is 0 Å². The van der Waals surface area contributed by atoms with Crippen molar-refractivity contribution < 1.29 is 4.79 Å². The van der Waals surface area contributed by atoms with Gasteiger partial charge >= 0.3 is 0 Å². The summed E-state index contributed by atoms with van der Waals surface area (Å²) in [5.41, 5.74) is 2.38. The molecule has 0 bridgehead atoms. The van der Waals surface area contributed by atoms with Crippen molar-refractivity contribution in [2.24, 2.45) is 0 Å². The zero-order valence-electron chi connectivity index (χ0n) is 11.7. The fourth-order valence-corrected chi connectivity index (χ4v) is 3.16. The number of amides is 1. The molecular formula is C15H17N5O. The molecule has 2 aliphatic heterocycles. The zero-order chi connectivity index (χ0) is 14.2. The molecule has 1 unspecified atom stereocenters. The number of carbonyl (C=O) groups is 1. The van der Waals surface area contributed by atoms with Gasteiger partial charge in [-0.15, -0.1) is 10.2 Å². The summed E-state index contributed by atoms with van der Waals surface area (Å²) < 4.78 is 2.01. The molecule has 21 heavy (non-hydrogen) atoms. The monoisotopic (exact) mass is 283 g/mol. The molecule has 1 atom stereocenters. The van der Waals surface area contributed by atoms with E-state index in [1.54, 1.807) is 6.33 Å². The van der Waals surface area contributed by atoms with Gasteiger partial charge in [-0.25, -0.2) is 0 Å². The maximum atomic E-state index is 12.9. The molecule has 1 aromatic carbocycles. The van der Waals surface area contributed by atoms with Crippen LogP contribution in [0.25, 0.3) is 0 Å². The minimum absolute atomic E-state index is 0.136. The Hall–Kier alpha value is -2.21. The number of nitrogens with one attached hydrogen (secondary N) is 1. The Morgan fingerprint density at radius 3 is 3.14 bits per heavy atom. The van der Waals surface area contributed by atoms with Gasteiger partial charge in [0.25, 0.3) is 0 Å². The summed E-state index contributed by atoms with van der Waals surface area (Å²) in [7, 11) is 0. The van der Waals surface area contributed by atoms with Gasteiger partial charge < -0.3 is 14.8 Å². The van der Waals surface area contributed by atoms with Crippen LogP contribution >= 0.6 is 0 Å². The summed E-state index contributed by atoms with van der Waals surface area (Å²) in [6.45, 7) is 2.86. The number of benzene rings is 1. The number of fused-ring (bicyclic) bond motifs is 2. The summed E-state index contributed by atoms with van der Waals surface area (Å²) in [4.78, 5) is 14.7. The molecule has 0 saturated carbocycles. The lowest BCUT2D eigenvalue weighted by Gasteiger charge is -2.33. The number of hydrogen-bond acceptors (Lipinski definition) is 4. The third-order valence-electron chi connectivity index (χ3n) is 4.31. The lowest BCUT2D eigenvalue weighted by Crippen LogP contribution is -2.46. The first kappa shape index (κ1) is 12.5. The van der Waals surface area contributed by atoms with Crippen molar-refractivity contribution >= 4 is 5.91 Å². The molecule has 2 aliphatic rings. The first-order valence-electron chi connectivity index (χ1n) is 7.29. The van der Waals surface area contributed by atoms with E-state index < -0.39 is 0 Å².